The van der Waals surface area contributed by atoms with Crippen LogP contribution in [0.15, 0.2) is 18.3 Å². The zero-order valence-corrected chi connectivity index (χ0v) is 12.3. The molecule has 3 rings (SSSR count). The third-order valence-corrected chi connectivity index (χ3v) is 3.57. The molecule has 21 heavy (non-hydrogen) atoms. The van der Waals surface area contributed by atoms with Crippen molar-refractivity contribution in [2.45, 2.75) is 13.3 Å². The number of halogens is 1. The molecule has 1 aliphatic heterocycles. The van der Waals surface area contributed by atoms with Gasteiger partial charge in [0.05, 0.1) is 35.9 Å². The first-order chi connectivity index (χ1) is 10.2. The van der Waals surface area contributed by atoms with Gasteiger partial charge in [-0.3, -0.25) is 4.98 Å². The van der Waals surface area contributed by atoms with Crippen LogP contribution in [0.3, 0.4) is 0 Å². The van der Waals surface area contributed by atoms with Crippen LogP contribution in [0.2, 0.25) is 5.02 Å². The number of fused-ring (bicyclic) bond motifs is 2. The molecular weight excluding hydrogens is 294 g/mol. The van der Waals surface area contributed by atoms with Crippen molar-refractivity contribution in [1.82, 2.24) is 4.98 Å². The van der Waals surface area contributed by atoms with Crippen molar-refractivity contribution >= 4 is 28.5 Å². The van der Waals surface area contributed by atoms with Crippen LogP contribution in [-0.4, -0.2) is 30.8 Å². The molecule has 1 aliphatic rings. The number of hydrogen-bond acceptors (Lipinski definition) is 5. The van der Waals surface area contributed by atoms with Gasteiger partial charge in [0.15, 0.2) is 11.5 Å². The Hall–Kier alpha value is -2.01. The quantitative estimate of drug-likeness (QED) is 0.797. The van der Waals surface area contributed by atoms with E-state index in [1.165, 1.54) is 6.20 Å². The zero-order chi connectivity index (χ0) is 14.8. The van der Waals surface area contributed by atoms with Gasteiger partial charge in [-0.25, -0.2) is 4.79 Å². The molecule has 0 saturated heterocycles. The lowest BCUT2D eigenvalue weighted by atomic mass is 10.1. The third-order valence-electron chi connectivity index (χ3n) is 3.17. The van der Waals surface area contributed by atoms with Gasteiger partial charge < -0.3 is 14.2 Å². The minimum atomic E-state index is -0.482. The molecule has 0 unspecified atom stereocenters. The summed E-state index contributed by atoms with van der Waals surface area (Å²) in [6.45, 7) is 3.22. The molecule has 2 aromatic rings. The summed E-state index contributed by atoms with van der Waals surface area (Å²) in [6, 6.07) is 3.53. The lowest BCUT2D eigenvalue weighted by Crippen LogP contribution is -2.06. The van der Waals surface area contributed by atoms with E-state index in [0.29, 0.717) is 40.6 Å². The van der Waals surface area contributed by atoms with E-state index in [1.54, 1.807) is 19.1 Å². The summed E-state index contributed by atoms with van der Waals surface area (Å²) in [5.41, 5.74) is 0.901. The summed E-state index contributed by atoms with van der Waals surface area (Å²) in [5.74, 6) is 0.779. The summed E-state index contributed by atoms with van der Waals surface area (Å²) in [7, 11) is 0. The van der Waals surface area contributed by atoms with Crippen LogP contribution in [-0.2, 0) is 4.74 Å². The lowest BCUT2D eigenvalue weighted by Gasteiger charge is -2.11. The van der Waals surface area contributed by atoms with Crippen LogP contribution in [0.5, 0.6) is 11.5 Å². The van der Waals surface area contributed by atoms with Crippen LogP contribution in [0.1, 0.15) is 23.7 Å². The van der Waals surface area contributed by atoms with Crippen molar-refractivity contribution in [3.63, 3.8) is 0 Å². The normalized spacial score (nSPS) is 13.8. The van der Waals surface area contributed by atoms with Gasteiger partial charge >= 0.3 is 5.97 Å². The average molecular weight is 308 g/mol. The summed E-state index contributed by atoms with van der Waals surface area (Å²) in [5, 5.41) is 0.959. The number of aromatic nitrogens is 1. The Morgan fingerprint density at radius 3 is 2.76 bits per heavy atom. The van der Waals surface area contributed by atoms with E-state index in [9.17, 15) is 4.79 Å². The molecule has 0 bridgehead atoms. The Morgan fingerprint density at radius 2 is 2.05 bits per heavy atom. The second kappa shape index (κ2) is 5.77. The second-order valence-corrected chi connectivity index (χ2v) is 4.95. The van der Waals surface area contributed by atoms with Crippen LogP contribution < -0.4 is 9.47 Å². The fourth-order valence-corrected chi connectivity index (χ4v) is 2.44. The van der Waals surface area contributed by atoms with Crippen molar-refractivity contribution < 1.29 is 19.0 Å². The predicted molar refractivity (Wildman–Crippen MR) is 78.3 cm³/mol. The van der Waals surface area contributed by atoms with E-state index in [1.807, 2.05) is 0 Å². The standard InChI is InChI=1S/C15H14ClNO4/c1-2-19-15(18)10-8-17-11-7-13-12(6-9(11)14(10)16)20-4-3-5-21-13/h6-8H,2-5H2,1H3. The Labute approximate surface area is 126 Å². The third kappa shape index (κ3) is 2.61. The van der Waals surface area contributed by atoms with Crippen molar-refractivity contribution in [2.24, 2.45) is 0 Å². The molecule has 0 spiro atoms. The number of hydrogen-bond donors (Lipinski definition) is 0. The Balaban J connectivity index is 2.12. The molecule has 1 aromatic heterocycles. The molecule has 0 saturated carbocycles. The molecular formula is C15H14ClNO4. The second-order valence-electron chi connectivity index (χ2n) is 4.57. The maximum Gasteiger partial charge on any atom is 0.341 e. The first kappa shape index (κ1) is 13.9. The number of carbonyl (C=O) groups excluding carboxylic acids is 1. The molecule has 5 nitrogen and oxygen atoms in total. The van der Waals surface area contributed by atoms with E-state index in [0.717, 1.165) is 6.42 Å². The van der Waals surface area contributed by atoms with Crippen LogP contribution >= 0.6 is 11.6 Å². The monoisotopic (exact) mass is 307 g/mol. The van der Waals surface area contributed by atoms with Gasteiger partial charge in [0.2, 0.25) is 0 Å². The van der Waals surface area contributed by atoms with Crippen LogP contribution in [0, 0.1) is 0 Å². The average Bonchev–Trinajstić information content (AvgIpc) is 2.71. The molecule has 0 amide bonds. The Kier molecular flexibility index (Phi) is 3.84. The molecule has 0 radical (unpaired) electrons. The van der Waals surface area contributed by atoms with Crippen molar-refractivity contribution in [1.29, 1.82) is 0 Å². The largest absolute Gasteiger partial charge is 0.490 e. The number of esters is 1. The Bertz CT molecular complexity index is 702. The van der Waals surface area contributed by atoms with Crippen LogP contribution in [0.25, 0.3) is 10.9 Å². The summed E-state index contributed by atoms with van der Waals surface area (Å²) in [6.07, 6.45) is 2.24. The van der Waals surface area contributed by atoms with Crippen molar-refractivity contribution in [3.05, 3.63) is 28.9 Å². The molecule has 0 fully saturated rings. The van der Waals surface area contributed by atoms with Gasteiger partial charge in [-0.2, -0.15) is 0 Å². The van der Waals surface area contributed by atoms with Gasteiger partial charge in [-0.1, -0.05) is 11.6 Å². The number of rotatable bonds is 2. The topological polar surface area (TPSA) is 57.7 Å². The number of carbonyl (C=O) groups is 1. The van der Waals surface area contributed by atoms with E-state index in [2.05, 4.69) is 4.98 Å². The first-order valence-electron chi connectivity index (χ1n) is 6.75. The predicted octanol–water partition coefficient (Wildman–Crippen LogP) is 3.23. The summed E-state index contributed by atoms with van der Waals surface area (Å²) >= 11 is 6.32. The Morgan fingerprint density at radius 1 is 1.33 bits per heavy atom. The van der Waals surface area contributed by atoms with Crippen molar-refractivity contribution in [3.8, 4) is 11.5 Å². The first-order valence-corrected chi connectivity index (χ1v) is 7.13. The maximum absolute atomic E-state index is 11.9. The fourth-order valence-electron chi connectivity index (χ4n) is 2.17. The van der Waals surface area contributed by atoms with Gasteiger partial charge in [-0.15, -0.1) is 0 Å². The van der Waals surface area contributed by atoms with Crippen molar-refractivity contribution in [2.75, 3.05) is 19.8 Å². The number of nitrogens with zero attached hydrogens (tertiary/aromatic N) is 1. The molecule has 0 atom stereocenters. The highest BCUT2D eigenvalue weighted by molar-refractivity contribution is 6.38. The van der Waals surface area contributed by atoms with Crippen LogP contribution in [0.4, 0.5) is 0 Å². The molecule has 2 heterocycles. The maximum atomic E-state index is 11.9. The van der Waals surface area contributed by atoms with E-state index >= 15 is 0 Å². The summed E-state index contributed by atoms with van der Waals surface area (Å²) < 4.78 is 16.2. The van der Waals surface area contributed by atoms with Gasteiger partial charge in [0.1, 0.15) is 0 Å². The number of pyridine rings is 1. The molecule has 0 aliphatic carbocycles. The van der Waals surface area contributed by atoms with Gasteiger partial charge in [0.25, 0.3) is 0 Å². The number of ether oxygens (including phenoxy) is 3. The van der Waals surface area contributed by atoms with E-state index < -0.39 is 5.97 Å². The summed E-state index contributed by atoms with van der Waals surface area (Å²) in [4.78, 5) is 16.1. The molecule has 110 valence electrons. The fraction of sp³-hybridized carbons (Fsp3) is 0.333. The van der Waals surface area contributed by atoms with E-state index in [-0.39, 0.29) is 12.2 Å². The minimum Gasteiger partial charge on any atom is -0.490 e. The smallest absolute Gasteiger partial charge is 0.341 e. The SMILES string of the molecule is CCOC(=O)c1cnc2cc3c(cc2c1Cl)OCCCO3. The zero-order valence-electron chi connectivity index (χ0n) is 11.5. The number of benzene rings is 1. The molecule has 6 heteroatoms. The molecule has 0 N–H and O–H groups in total. The highest BCUT2D eigenvalue weighted by atomic mass is 35.5. The highest BCUT2D eigenvalue weighted by Gasteiger charge is 2.18. The highest BCUT2D eigenvalue weighted by Crippen LogP contribution is 2.37. The van der Waals surface area contributed by atoms with Gasteiger partial charge in [-0.05, 0) is 13.0 Å². The van der Waals surface area contributed by atoms with Gasteiger partial charge in [0, 0.05) is 24.1 Å². The van der Waals surface area contributed by atoms with E-state index in [4.69, 9.17) is 25.8 Å². The molecule has 1 aromatic carbocycles. The lowest BCUT2D eigenvalue weighted by molar-refractivity contribution is 0.0526. The minimum absolute atomic E-state index is 0.250.